The summed E-state index contributed by atoms with van der Waals surface area (Å²) in [6, 6.07) is 8.09. The maximum atomic E-state index is 10.6. The molecule has 1 aromatic carbocycles. The molecular weight excluding hydrogens is 250 g/mol. The van der Waals surface area contributed by atoms with Crippen molar-refractivity contribution in [1.29, 1.82) is 0 Å². The summed E-state index contributed by atoms with van der Waals surface area (Å²) in [5, 5.41) is 10.6. The minimum Gasteiger partial charge on any atom is -0.497 e. The summed E-state index contributed by atoms with van der Waals surface area (Å²) in [6.45, 7) is 4.31. The molecule has 0 aliphatic carbocycles. The van der Waals surface area contributed by atoms with E-state index in [0.29, 0.717) is 0 Å². The fourth-order valence-corrected chi connectivity index (χ4v) is 3.02. The number of rotatable bonds is 8. The van der Waals surface area contributed by atoms with Gasteiger partial charge in [0.1, 0.15) is 5.75 Å². The molecule has 0 aliphatic heterocycles. The number of methoxy groups -OCH3 is 1. The monoisotopic (exact) mass is 279 g/mol. The van der Waals surface area contributed by atoms with Crippen molar-refractivity contribution in [3.05, 3.63) is 29.8 Å². The largest absolute Gasteiger partial charge is 0.497 e. The summed E-state index contributed by atoms with van der Waals surface area (Å²) in [6.07, 6.45) is 3.28. The molecule has 0 aromatic heterocycles. The van der Waals surface area contributed by atoms with E-state index in [1.54, 1.807) is 7.11 Å². The van der Waals surface area contributed by atoms with E-state index in [1.165, 1.54) is 5.56 Å². The van der Waals surface area contributed by atoms with E-state index in [0.717, 1.165) is 31.4 Å². The standard InChI is InChI=1S/C17H29NO2/c1-6-17(7-2,18(3)4)16(19)13-10-14-8-11-15(20-5)12-9-14/h8-9,11-12,16,19H,6-7,10,13H2,1-5H3. The van der Waals surface area contributed by atoms with Crippen molar-refractivity contribution in [2.24, 2.45) is 0 Å². The molecule has 1 aromatic rings. The highest BCUT2D eigenvalue weighted by Crippen LogP contribution is 2.28. The van der Waals surface area contributed by atoms with Gasteiger partial charge in [0.15, 0.2) is 0 Å². The molecule has 0 aliphatic rings. The molecule has 1 unspecified atom stereocenters. The van der Waals surface area contributed by atoms with E-state index in [4.69, 9.17) is 4.74 Å². The molecule has 0 amide bonds. The van der Waals surface area contributed by atoms with Crippen molar-refractivity contribution >= 4 is 0 Å². The van der Waals surface area contributed by atoms with Gasteiger partial charge in [-0.25, -0.2) is 0 Å². The van der Waals surface area contributed by atoms with Crippen molar-refractivity contribution in [3.8, 4) is 5.75 Å². The number of likely N-dealkylation sites (N-methyl/N-ethyl adjacent to an activating group) is 1. The molecule has 1 N–H and O–H groups in total. The lowest BCUT2D eigenvalue weighted by Crippen LogP contribution is -2.52. The number of benzene rings is 1. The third kappa shape index (κ3) is 3.74. The molecule has 3 heteroatoms. The van der Waals surface area contributed by atoms with Crippen LogP contribution in [0.3, 0.4) is 0 Å². The molecule has 0 radical (unpaired) electrons. The quantitative estimate of drug-likeness (QED) is 0.793. The van der Waals surface area contributed by atoms with Crippen LogP contribution in [0.15, 0.2) is 24.3 Å². The van der Waals surface area contributed by atoms with E-state index in [1.807, 2.05) is 12.1 Å². The molecule has 0 fully saturated rings. The zero-order valence-electron chi connectivity index (χ0n) is 13.5. The Kier molecular flexibility index (Phi) is 6.50. The fourth-order valence-electron chi connectivity index (χ4n) is 3.02. The van der Waals surface area contributed by atoms with E-state index in [9.17, 15) is 5.11 Å². The van der Waals surface area contributed by atoms with Gasteiger partial charge in [-0.3, -0.25) is 0 Å². The predicted molar refractivity (Wildman–Crippen MR) is 84.3 cm³/mol. The molecule has 0 spiro atoms. The zero-order chi connectivity index (χ0) is 15.2. The Hall–Kier alpha value is -1.06. The number of ether oxygens (including phenoxy) is 1. The molecule has 3 nitrogen and oxygen atoms in total. The van der Waals surface area contributed by atoms with Gasteiger partial charge in [0, 0.05) is 5.54 Å². The number of aliphatic hydroxyl groups excluding tert-OH is 1. The first-order valence-corrected chi connectivity index (χ1v) is 7.48. The Bertz CT molecular complexity index is 382. The number of aliphatic hydroxyl groups is 1. The third-order valence-corrected chi connectivity index (χ3v) is 4.60. The van der Waals surface area contributed by atoms with Crippen molar-refractivity contribution in [3.63, 3.8) is 0 Å². The zero-order valence-corrected chi connectivity index (χ0v) is 13.5. The normalized spacial score (nSPS) is 13.6. The summed E-state index contributed by atoms with van der Waals surface area (Å²) < 4.78 is 5.16. The summed E-state index contributed by atoms with van der Waals surface area (Å²) in [7, 11) is 5.79. The number of aryl methyl sites for hydroxylation is 1. The van der Waals surface area contributed by atoms with Crippen molar-refractivity contribution in [1.82, 2.24) is 4.90 Å². The Morgan fingerprint density at radius 1 is 1.15 bits per heavy atom. The van der Waals surface area contributed by atoms with Gasteiger partial charge in [0.05, 0.1) is 13.2 Å². The number of nitrogens with zero attached hydrogens (tertiary/aromatic N) is 1. The van der Waals surface area contributed by atoms with Crippen LogP contribution in [0.5, 0.6) is 5.75 Å². The Balaban J connectivity index is 2.66. The van der Waals surface area contributed by atoms with Gasteiger partial charge in [0.25, 0.3) is 0 Å². The van der Waals surface area contributed by atoms with Crippen LogP contribution in [0, 0.1) is 0 Å². The van der Waals surface area contributed by atoms with Crippen molar-refractivity contribution in [2.75, 3.05) is 21.2 Å². The number of hydrogen-bond acceptors (Lipinski definition) is 3. The van der Waals surface area contributed by atoms with Crippen LogP contribution in [0.1, 0.15) is 38.7 Å². The second kappa shape index (κ2) is 7.65. The predicted octanol–water partition coefficient (Wildman–Crippen LogP) is 3.11. The van der Waals surface area contributed by atoms with E-state index >= 15 is 0 Å². The average molecular weight is 279 g/mol. The van der Waals surface area contributed by atoms with E-state index < -0.39 is 0 Å². The highest BCUT2D eigenvalue weighted by molar-refractivity contribution is 5.27. The maximum absolute atomic E-state index is 10.6. The van der Waals surface area contributed by atoms with Crippen LogP contribution in [0.4, 0.5) is 0 Å². The minimum atomic E-state index is -0.311. The third-order valence-electron chi connectivity index (χ3n) is 4.60. The summed E-state index contributed by atoms with van der Waals surface area (Å²) in [4.78, 5) is 2.17. The molecule has 114 valence electrons. The maximum Gasteiger partial charge on any atom is 0.118 e. The van der Waals surface area contributed by atoms with Crippen LogP contribution in [-0.2, 0) is 6.42 Å². The molecular formula is C17H29NO2. The van der Waals surface area contributed by atoms with E-state index in [2.05, 4.69) is 45.0 Å². The summed E-state index contributed by atoms with van der Waals surface area (Å²) in [5.74, 6) is 0.874. The second-order valence-electron chi connectivity index (χ2n) is 5.61. The molecule has 1 atom stereocenters. The molecule has 0 saturated heterocycles. The lowest BCUT2D eigenvalue weighted by atomic mass is 9.82. The van der Waals surface area contributed by atoms with Crippen LogP contribution >= 0.6 is 0 Å². The fraction of sp³-hybridized carbons (Fsp3) is 0.647. The van der Waals surface area contributed by atoms with Gasteiger partial charge in [-0.2, -0.15) is 0 Å². The molecule has 20 heavy (non-hydrogen) atoms. The highest BCUT2D eigenvalue weighted by atomic mass is 16.5. The first-order chi connectivity index (χ1) is 9.50. The van der Waals surface area contributed by atoms with Gasteiger partial charge in [-0.15, -0.1) is 0 Å². The summed E-state index contributed by atoms with van der Waals surface area (Å²) >= 11 is 0. The van der Waals surface area contributed by atoms with Gasteiger partial charge < -0.3 is 14.7 Å². The van der Waals surface area contributed by atoms with Crippen molar-refractivity contribution in [2.45, 2.75) is 51.2 Å². The van der Waals surface area contributed by atoms with Crippen LogP contribution < -0.4 is 4.74 Å². The lowest BCUT2D eigenvalue weighted by Gasteiger charge is -2.42. The van der Waals surface area contributed by atoms with Gasteiger partial charge in [-0.05, 0) is 57.5 Å². The van der Waals surface area contributed by atoms with Gasteiger partial charge in [-0.1, -0.05) is 26.0 Å². The van der Waals surface area contributed by atoms with Crippen molar-refractivity contribution < 1.29 is 9.84 Å². The average Bonchev–Trinajstić information content (AvgIpc) is 2.47. The smallest absolute Gasteiger partial charge is 0.118 e. The molecule has 0 saturated carbocycles. The topological polar surface area (TPSA) is 32.7 Å². The Labute approximate surface area is 123 Å². The number of hydrogen-bond donors (Lipinski definition) is 1. The molecule has 0 bridgehead atoms. The highest BCUT2D eigenvalue weighted by Gasteiger charge is 2.36. The SMILES string of the molecule is CCC(CC)(C(O)CCc1ccc(OC)cc1)N(C)C. The first-order valence-electron chi connectivity index (χ1n) is 7.48. The minimum absolute atomic E-state index is 0.119. The first kappa shape index (κ1) is 17.0. The Morgan fingerprint density at radius 2 is 1.70 bits per heavy atom. The van der Waals surface area contributed by atoms with Gasteiger partial charge >= 0.3 is 0 Å². The van der Waals surface area contributed by atoms with Crippen LogP contribution in [-0.4, -0.2) is 42.9 Å². The lowest BCUT2D eigenvalue weighted by molar-refractivity contribution is -0.0173. The molecule has 1 rings (SSSR count). The van der Waals surface area contributed by atoms with Crippen LogP contribution in [0.25, 0.3) is 0 Å². The van der Waals surface area contributed by atoms with Crippen LogP contribution in [0.2, 0.25) is 0 Å². The Morgan fingerprint density at radius 3 is 2.10 bits per heavy atom. The second-order valence-corrected chi connectivity index (χ2v) is 5.61. The van der Waals surface area contributed by atoms with Gasteiger partial charge in [0.2, 0.25) is 0 Å². The molecule has 0 heterocycles. The van der Waals surface area contributed by atoms with E-state index in [-0.39, 0.29) is 11.6 Å². The summed E-state index contributed by atoms with van der Waals surface area (Å²) in [5.41, 5.74) is 1.12.